The second-order valence-electron chi connectivity index (χ2n) is 7.00. The average molecular weight is 340 g/mol. The van der Waals surface area contributed by atoms with Crippen LogP contribution in [0.4, 0.5) is 5.69 Å². The fourth-order valence-corrected chi connectivity index (χ4v) is 3.97. The number of pyridine rings is 1. The zero-order chi connectivity index (χ0) is 17.3. The molecule has 2 aliphatic rings. The Labute approximate surface area is 148 Å². The summed E-state index contributed by atoms with van der Waals surface area (Å²) < 4.78 is 8.11. The van der Waals surface area contributed by atoms with Crippen molar-refractivity contribution in [1.82, 2.24) is 14.5 Å². The topological polar surface area (TPSA) is 50.6 Å². The second-order valence-corrected chi connectivity index (χ2v) is 7.00. The standard InChI is InChI=1S/C19H24N4O2/c1-21-9-3-6-17(21)18(24)23-11-12-25-19(15-23)7-4-10-22(14-19)16-5-2-8-20-13-16/h2-3,5-6,8-9,13H,4,7,10-12,14-15H2,1H3/t19-/m0/s1. The fraction of sp³-hybridized carbons (Fsp3) is 0.474. The molecule has 25 heavy (non-hydrogen) atoms. The number of piperidine rings is 1. The van der Waals surface area contributed by atoms with Crippen molar-refractivity contribution in [2.75, 3.05) is 37.7 Å². The van der Waals surface area contributed by atoms with Crippen LogP contribution in [0, 0.1) is 0 Å². The summed E-state index contributed by atoms with van der Waals surface area (Å²) in [6.07, 6.45) is 7.64. The minimum absolute atomic E-state index is 0.0914. The number of aromatic nitrogens is 2. The summed E-state index contributed by atoms with van der Waals surface area (Å²) in [6.45, 7) is 3.70. The van der Waals surface area contributed by atoms with Crippen molar-refractivity contribution < 1.29 is 9.53 Å². The monoisotopic (exact) mass is 340 g/mol. The van der Waals surface area contributed by atoms with Gasteiger partial charge in [0.1, 0.15) is 11.3 Å². The Morgan fingerprint density at radius 1 is 1.24 bits per heavy atom. The minimum Gasteiger partial charge on any atom is -0.369 e. The Bertz CT molecular complexity index is 741. The summed E-state index contributed by atoms with van der Waals surface area (Å²) >= 11 is 0. The lowest BCUT2D eigenvalue weighted by molar-refractivity contribution is -0.105. The third kappa shape index (κ3) is 3.14. The summed E-state index contributed by atoms with van der Waals surface area (Å²) in [4.78, 5) is 21.4. The normalized spacial score (nSPS) is 23.9. The zero-order valence-electron chi connectivity index (χ0n) is 14.6. The van der Waals surface area contributed by atoms with Crippen LogP contribution in [0.2, 0.25) is 0 Å². The van der Waals surface area contributed by atoms with Gasteiger partial charge in [-0.2, -0.15) is 0 Å². The van der Waals surface area contributed by atoms with Gasteiger partial charge in [0.2, 0.25) is 0 Å². The lowest BCUT2D eigenvalue weighted by atomic mass is 9.90. The summed E-state index contributed by atoms with van der Waals surface area (Å²) in [6, 6.07) is 7.84. The first-order valence-corrected chi connectivity index (χ1v) is 8.86. The van der Waals surface area contributed by atoms with Gasteiger partial charge in [-0.25, -0.2) is 0 Å². The average Bonchev–Trinajstić information content (AvgIpc) is 3.08. The molecule has 2 saturated heterocycles. The highest BCUT2D eigenvalue weighted by Crippen LogP contribution is 2.31. The molecule has 2 aliphatic heterocycles. The molecular weight excluding hydrogens is 316 g/mol. The molecule has 2 aromatic heterocycles. The van der Waals surface area contributed by atoms with Crippen molar-refractivity contribution in [3.05, 3.63) is 48.5 Å². The van der Waals surface area contributed by atoms with Crippen LogP contribution in [0.1, 0.15) is 23.3 Å². The zero-order valence-corrected chi connectivity index (χ0v) is 14.6. The molecule has 2 fully saturated rings. The van der Waals surface area contributed by atoms with Gasteiger partial charge in [-0.15, -0.1) is 0 Å². The lowest BCUT2D eigenvalue weighted by Crippen LogP contribution is -2.61. The fourth-order valence-electron chi connectivity index (χ4n) is 3.97. The third-order valence-electron chi connectivity index (χ3n) is 5.25. The highest BCUT2D eigenvalue weighted by atomic mass is 16.5. The second kappa shape index (κ2) is 6.52. The first-order chi connectivity index (χ1) is 12.2. The van der Waals surface area contributed by atoms with Crippen molar-refractivity contribution in [2.45, 2.75) is 18.4 Å². The first kappa shape index (κ1) is 16.1. The van der Waals surface area contributed by atoms with Crippen molar-refractivity contribution in [1.29, 1.82) is 0 Å². The molecule has 1 amide bonds. The number of anilines is 1. The third-order valence-corrected chi connectivity index (χ3v) is 5.25. The summed E-state index contributed by atoms with van der Waals surface area (Å²) in [5.41, 5.74) is 1.57. The van der Waals surface area contributed by atoms with Crippen LogP contribution >= 0.6 is 0 Å². The largest absolute Gasteiger partial charge is 0.369 e. The number of morpholine rings is 1. The molecule has 4 rings (SSSR count). The number of amides is 1. The van der Waals surface area contributed by atoms with E-state index in [1.807, 2.05) is 47.1 Å². The maximum Gasteiger partial charge on any atom is 0.270 e. The Hall–Kier alpha value is -2.34. The van der Waals surface area contributed by atoms with E-state index in [9.17, 15) is 4.79 Å². The Kier molecular flexibility index (Phi) is 4.21. The number of carbonyl (C=O) groups is 1. The van der Waals surface area contributed by atoms with Gasteiger partial charge in [0, 0.05) is 39.1 Å². The number of rotatable bonds is 2. The molecule has 2 aromatic rings. The Balaban J connectivity index is 1.51. The van der Waals surface area contributed by atoms with E-state index in [1.54, 1.807) is 6.20 Å². The molecule has 1 atom stereocenters. The molecule has 0 aromatic carbocycles. The first-order valence-electron chi connectivity index (χ1n) is 8.86. The van der Waals surface area contributed by atoms with Crippen molar-refractivity contribution in [2.24, 2.45) is 7.05 Å². The van der Waals surface area contributed by atoms with E-state index in [1.165, 1.54) is 0 Å². The molecule has 1 spiro atoms. The van der Waals surface area contributed by atoms with E-state index in [0.29, 0.717) is 19.7 Å². The Morgan fingerprint density at radius 2 is 2.16 bits per heavy atom. The van der Waals surface area contributed by atoms with Gasteiger partial charge in [-0.1, -0.05) is 0 Å². The quantitative estimate of drug-likeness (QED) is 0.838. The van der Waals surface area contributed by atoms with Crippen LogP contribution in [0.3, 0.4) is 0 Å². The van der Waals surface area contributed by atoms with Crippen molar-refractivity contribution in [3.63, 3.8) is 0 Å². The smallest absolute Gasteiger partial charge is 0.270 e. The number of ether oxygens (including phenoxy) is 1. The molecule has 0 saturated carbocycles. The summed E-state index contributed by atoms with van der Waals surface area (Å²) in [7, 11) is 1.91. The molecule has 0 aliphatic carbocycles. The predicted molar refractivity (Wildman–Crippen MR) is 95.7 cm³/mol. The van der Waals surface area contributed by atoms with Gasteiger partial charge < -0.3 is 19.1 Å². The Morgan fingerprint density at radius 3 is 2.92 bits per heavy atom. The highest BCUT2D eigenvalue weighted by Gasteiger charge is 2.42. The van der Waals surface area contributed by atoms with E-state index in [0.717, 1.165) is 37.3 Å². The summed E-state index contributed by atoms with van der Waals surface area (Å²) in [5.74, 6) is 0.0914. The number of aryl methyl sites for hydroxylation is 1. The molecule has 4 heterocycles. The number of hydrogen-bond acceptors (Lipinski definition) is 4. The van der Waals surface area contributed by atoms with Crippen molar-refractivity contribution in [3.8, 4) is 0 Å². The van der Waals surface area contributed by atoms with Crippen molar-refractivity contribution >= 4 is 11.6 Å². The highest BCUT2D eigenvalue weighted by molar-refractivity contribution is 5.92. The molecule has 0 N–H and O–H groups in total. The molecule has 0 bridgehead atoms. The van der Waals surface area contributed by atoms with E-state index < -0.39 is 0 Å². The van der Waals surface area contributed by atoms with Crippen LogP contribution < -0.4 is 4.90 Å². The SMILES string of the molecule is Cn1cccc1C(=O)N1CCO[C@]2(CCCN(c3cccnc3)C2)C1. The van der Waals surface area contributed by atoms with Gasteiger partial charge >= 0.3 is 0 Å². The van der Waals surface area contributed by atoms with Gasteiger partial charge in [-0.05, 0) is 37.1 Å². The summed E-state index contributed by atoms with van der Waals surface area (Å²) in [5, 5.41) is 0. The van der Waals surface area contributed by atoms with Gasteiger partial charge in [-0.3, -0.25) is 9.78 Å². The number of hydrogen-bond donors (Lipinski definition) is 0. The van der Waals surface area contributed by atoms with Crippen LogP contribution in [0.15, 0.2) is 42.9 Å². The molecule has 6 heteroatoms. The van der Waals surface area contributed by atoms with E-state index in [2.05, 4.69) is 16.0 Å². The maximum atomic E-state index is 12.9. The van der Waals surface area contributed by atoms with E-state index in [4.69, 9.17) is 4.74 Å². The molecule has 0 unspecified atom stereocenters. The van der Waals surface area contributed by atoms with Crippen LogP contribution in [0.5, 0.6) is 0 Å². The molecule has 6 nitrogen and oxygen atoms in total. The van der Waals surface area contributed by atoms with Crippen LogP contribution in [0.25, 0.3) is 0 Å². The van der Waals surface area contributed by atoms with E-state index in [-0.39, 0.29) is 11.5 Å². The van der Waals surface area contributed by atoms with Crippen LogP contribution in [-0.2, 0) is 11.8 Å². The van der Waals surface area contributed by atoms with Gasteiger partial charge in [0.15, 0.2) is 0 Å². The number of nitrogens with zero attached hydrogens (tertiary/aromatic N) is 4. The number of carbonyl (C=O) groups excluding carboxylic acids is 1. The molecular formula is C19H24N4O2. The van der Waals surface area contributed by atoms with Gasteiger partial charge in [0.05, 0.1) is 25.0 Å². The minimum atomic E-state index is -0.285. The van der Waals surface area contributed by atoms with E-state index >= 15 is 0 Å². The lowest BCUT2D eigenvalue weighted by Gasteiger charge is -2.48. The maximum absolute atomic E-state index is 12.9. The van der Waals surface area contributed by atoms with Gasteiger partial charge in [0.25, 0.3) is 5.91 Å². The molecule has 0 radical (unpaired) electrons. The predicted octanol–water partition coefficient (Wildman–Crippen LogP) is 1.93. The van der Waals surface area contributed by atoms with Crippen LogP contribution in [-0.4, -0.2) is 58.7 Å². The molecule has 132 valence electrons.